The lowest BCUT2D eigenvalue weighted by atomic mass is 10.1. The van der Waals surface area contributed by atoms with Gasteiger partial charge in [-0.15, -0.1) is 0 Å². The molecule has 29 heavy (non-hydrogen) atoms. The van der Waals surface area contributed by atoms with E-state index in [1.54, 1.807) is 0 Å². The van der Waals surface area contributed by atoms with Crippen molar-refractivity contribution < 1.29 is 4.79 Å². The van der Waals surface area contributed by atoms with Crippen LogP contribution >= 0.6 is 0 Å². The summed E-state index contributed by atoms with van der Waals surface area (Å²) in [6.07, 6.45) is 3.47. The molecule has 1 amide bonds. The Morgan fingerprint density at radius 1 is 0.828 bits per heavy atom. The van der Waals surface area contributed by atoms with Crippen LogP contribution in [0.2, 0.25) is 0 Å². The summed E-state index contributed by atoms with van der Waals surface area (Å²) in [5.41, 5.74) is 4.56. The highest BCUT2D eigenvalue weighted by Gasteiger charge is 2.37. The zero-order valence-corrected chi connectivity index (χ0v) is 16.7. The molecule has 0 bridgehead atoms. The third kappa shape index (κ3) is 5.55. The minimum absolute atomic E-state index is 0.0215. The first-order valence-electron chi connectivity index (χ1n) is 10.5. The number of amides is 1. The number of carbonyl (C=O) groups is 1. The maximum atomic E-state index is 12.3. The van der Waals surface area contributed by atoms with E-state index in [9.17, 15) is 4.79 Å². The van der Waals surface area contributed by atoms with E-state index in [4.69, 9.17) is 0 Å². The topological polar surface area (TPSA) is 41.1 Å². The Bertz CT molecular complexity index is 906. The summed E-state index contributed by atoms with van der Waals surface area (Å²) in [5.74, 6) is 0.556. The monoisotopic (exact) mass is 384 g/mol. The SMILES string of the molecule is O=C(NCc1ccccc1)c1ccc([C@@H]2C[C@H]2NCCCc2ccccc2)cc1. The molecule has 0 unspecified atom stereocenters. The van der Waals surface area contributed by atoms with E-state index in [0.29, 0.717) is 18.5 Å². The highest BCUT2D eigenvalue weighted by molar-refractivity contribution is 5.94. The zero-order chi connectivity index (χ0) is 19.9. The number of carbonyl (C=O) groups excluding carboxylic acids is 1. The Morgan fingerprint density at radius 3 is 2.17 bits per heavy atom. The zero-order valence-electron chi connectivity index (χ0n) is 16.7. The van der Waals surface area contributed by atoms with Crippen LogP contribution in [0.5, 0.6) is 0 Å². The first-order chi connectivity index (χ1) is 14.3. The Balaban J connectivity index is 1.19. The predicted octanol–water partition coefficient (Wildman–Crippen LogP) is 4.69. The lowest BCUT2D eigenvalue weighted by Crippen LogP contribution is -2.22. The van der Waals surface area contributed by atoms with Gasteiger partial charge >= 0.3 is 0 Å². The van der Waals surface area contributed by atoms with Crippen LogP contribution in [0, 0.1) is 0 Å². The van der Waals surface area contributed by atoms with Crippen LogP contribution in [0.15, 0.2) is 84.9 Å². The second-order valence-corrected chi connectivity index (χ2v) is 7.78. The number of aryl methyl sites for hydroxylation is 1. The van der Waals surface area contributed by atoms with Crippen LogP contribution in [0.3, 0.4) is 0 Å². The van der Waals surface area contributed by atoms with E-state index in [0.717, 1.165) is 30.5 Å². The van der Waals surface area contributed by atoms with Crippen molar-refractivity contribution in [2.45, 2.75) is 37.8 Å². The second kappa shape index (κ2) is 9.53. The molecule has 0 aromatic heterocycles. The number of rotatable bonds is 9. The summed E-state index contributed by atoms with van der Waals surface area (Å²) in [4.78, 5) is 12.3. The molecular weight excluding hydrogens is 356 g/mol. The first kappa shape index (κ1) is 19.4. The lowest BCUT2D eigenvalue weighted by molar-refractivity contribution is 0.0951. The molecule has 3 aromatic carbocycles. The molecule has 3 nitrogen and oxygen atoms in total. The van der Waals surface area contributed by atoms with Crippen molar-refractivity contribution in [2.75, 3.05) is 6.54 Å². The molecule has 1 aliphatic rings. The van der Waals surface area contributed by atoms with E-state index < -0.39 is 0 Å². The highest BCUT2D eigenvalue weighted by Crippen LogP contribution is 2.40. The Hall–Kier alpha value is -2.91. The molecule has 1 fully saturated rings. The maximum absolute atomic E-state index is 12.3. The van der Waals surface area contributed by atoms with Crippen molar-refractivity contribution >= 4 is 5.91 Å². The van der Waals surface area contributed by atoms with Gasteiger partial charge in [0.2, 0.25) is 0 Å². The van der Waals surface area contributed by atoms with Gasteiger partial charge in [0.15, 0.2) is 0 Å². The molecule has 0 aliphatic heterocycles. The summed E-state index contributed by atoms with van der Waals surface area (Å²) < 4.78 is 0. The number of hydrogen-bond donors (Lipinski definition) is 2. The number of hydrogen-bond acceptors (Lipinski definition) is 2. The van der Waals surface area contributed by atoms with Gasteiger partial charge in [0.25, 0.3) is 5.91 Å². The largest absolute Gasteiger partial charge is 0.348 e. The summed E-state index contributed by atoms with van der Waals surface area (Å²) in [6, 6.07) is 29.3. The minimum atomic E-state index is -0.0215. The predicted molar refractivity (Wildman–Crippen MR) is 118 cm³/mol. The van der Waals surface area contributed by atoms with Crippen LogP contribution in [0.1, 0.15) is 45.8 Å². The summed E-state index contributed by atoms with van der Waals surface area (Å²) in [6.45, 7) is 1.61. The average molecular weight is 385 g/mol. The Kier molecular flexibility index (Phi) is 6.38. The highest BCUT2D eigenvalue weighted by atomic mass is 16.1. The van der Waals surface area contributed by atoms with Gasteiger partial charge < -0.3 is 10.6 Å². The molecule has 3 aromatic rings. The summed E-state index contributed by atoms with van der Waals surface area (Å²) >= 11 is 0. The lowest BCUT2D eigenvalue weighted by Gasteiger charge is -2.07. The van der Waals surface area contributed by atoms with Crippen LogP contribution in [0.4, 0.5) is 0 Å². The van der Waals surface area contributed by atoms with Crippen molar-refractivity contribution in [3.63, 3.8) is 0 Å². The van der Waals surface area contributed by atoms with Crippen molar-refractivity contribution in [3.8, 4) is 0 Å². The van der Waals surface area contributed by atoms with Gasteiger partial charge in [0.05, 0.1) is 0 Å². The second-order valence-electron chi connectivity index (χ2n) is 7.78. The fourth-order valence-electron chi connectivity index (χ4n) is 3.78. The van der Waals surface area contributed by atoms with Crippen LogP contribution in [0.25, 0.3) is 0 Å². The third-order valence-electron chi connectivity index (χ3n) is 5.58. The molecule has 0 saturated heterocycles. The van der Waals surface area contributed by atoms with Gasteiger partial charge in [-0.05, 0) is 54.6 Å². The fourth-order valence-corrected chi connectivity index (χ4v) is 3.78. The average Bonchev–Trinajstić information content (AvgIpc) is 3.56. The van der Waals surface area contributed by atoms with E-state index in [1.807, 2.05) is 42.5 Å². The van der Waals surface area contributed by atoms with E-state index >= 15 is 0 Å². The smallest absolute Gasteiger partial charge is 0.251 e. The molecule has 1 saturated carbocycles. The molecule has 148 valence electrons. The third-order valence-corrected chi connectivity index (χ3v) is 5.58. The number of nitrogens with one attached hydrogen (secondary N) is 2. The summed E-state index contributed by atoms with van der Waals surface area (Å²) in [5, 5.41) is 6.66. The molecule has 4 rings (SSSR count). The van der Waals surface area contributed by atoms with Gasteiger partial charge in [-0.1, -0.05) is 72.8 Å². The summed E-state index contributed by atoms with van der Waals surface area (Å²) in [7, 11) is 0. The van der Waals surface area contributed by atoms with Crippen LogP contribution < -0.4 is 10.6 Å². The molecule has 0 spiro atoms. The van der Waals surface area contributed by atoms with Gasteiger partial charge in [-0.2, -0.15) is 0 Å². The normalized spacial score (nSPS) is 17.7. The molecule has 3 heteroatoms. The van der Waals surface area contributed by atoms with E-state index in [2.05, 4.69) is 53.1 Å². The molecular formula is C26H28N2O. The maximum Gasteiger partial charge on any atom is 0.251 e. The van der Waals surface area contributed by atoms with E-state index in [1.165, 1.54) is 17.5 Å². The molecule has 1 aliphatic carbocycles. The van der Waals surface area contributed by atoms with Crippen molar-refractivity contribution in [1.29, 1.82) is 0 Å². The van der Waals surface area contributed by atoms with Crippen molar-refractivity contribution in [2.24, 2.45) is 0 Å². The Labute approximate surface area is 173 Å². The Morgan fingerprint density at radius 2 is 1.48 bits per heavy atom. The van der Waals surface area contributed by atoms with E-state index in [-0.39, 0.29) is 5.91 Å². The fraction of sp³-hybridized carbons (Fsp3) is 0.269. The quantitative estimate of drug-likeness (QED) is 0.525. The van der Waals surface area contributed by atoms with Gasteiger partial charge in [0, 0.05) is 24.1 Å². The first-order valence-corrected chi connectivity index (χ1v) is 10.5. The van der Waals surface area contributed by atoms with Gasteiger partial charge in [0.1, 0.15) is 0 Å². The van der Waals surface area contributed by atoms with Crippen LogP contribution in [-0.4, -0.2) is 18.5 Å². The van der Waals surface area contributed by atoms with Gasteiger partial charge in [-0.25, -0.2) is 0 Å². The van der Waals surface area contributed by atoms with Gasteiger partial charge in [-0.3, -0.25) is 4.79 Å². The van der Waals surface area contributed by atoms with Crippen LogP contribution in [-0.2, 0) is 13.0 Å². The molecule has 2 atom stereocenters. The number of benzene rings is 3. The molecule has 0 heterocycles. The van der Waals surface area contributed by atoms with Crippen molar-refractivity contribution in [1.82, 2.24) is 10.6 Å². The molecule has 2 N–H and O–H groups in total. The van der Waals surface area contributed by atoms with Crippen molar-refractivity contribution in [3.05, 3.63) is 107 Å². The molecule has 0 radical (unpaired) electrons. The minimum Gasteiger partial charge on any atom is -0.348 e. The standard InChI is InChI=1S/C26H28N2O/c29-26(28-19-21-10-5-2-6-11-21)23-15-13-22(14-16-23)24-18-25(24)27-17-7-12-20-8-3-1-4-9-20/h1-6,8-11,13-16,24-25,27H,7,12,17-19H2,(H,28,29)/t24-,25+/m0/s1.